The molecule has 1 aromatic carbocycles. The number of aryl methyl sites for hydroxylation is 2. The fraction of sp³-hybridized carbons (Fsp3) is 0.441. The zero-order valence-corrected chi connectivity index (χ0v) is 27.2. The maximum Gasteiger partial charge on any atom is 0.416 e. The molecule has 2 aromatic heterocycles. The molecule has 0 radical (unpaired) electrons. The van der Waals surface area contributed by atoms with E-state index in [1.165, 1.54) is 7.11 Å². The van der Waals surface area contributed by atoms with Gasteiger partial charge in [0.25, 0.3) is 5.56 Å². The van der Waals surface area contributed by atoms with Crippen LogP contribution in [0.25, 0.3) is 11.1 Å². The first-order valence-corrected chi connectivity index (χ1v) is 14.9. The van der Waals surface area contributed by atoms with Gasteiger partial charge in [0, 0.05) is 18.8 Å². The predicted octanol–water partition coefficient (Wildman–Crippen LogP) is 5.53. The molecule has 1 amide bonds. The first kappa shape index (κ1) is 36.0. The number of amides is 1. The van der Waals surface area contributed by atoms with Crippen LogP contribution in [-0.2, 0) is 26.9 Å². The number of alkyl halides is 3. The van der Waals surface area contributed by atoms with Crippen LogP contribution in [0.5, 0.6) is 0 Å². The van der Waals surface area contributed by atoms with E-state index in [1.54, 1.807) is 31.1 Å². The van der Waals surface area contributed by atoms with Gasteiger partial charge in [0.1, 0.15) is 17.8 Å². The summed E-state index contributed by atoms with van der Waals surface area (Å²) in [5, 5.41) is 12.6. The van der Waals surface area contributed by atoms with Crippen molar-refractivity contribution in [3.63, 3.8) is 0 Å². The quantitative estimate of drug-likeness (QED) is 0.259. The fourth-order valence-corrected chi connectivity index (χ4v) is 5.39. The number of pyridine rings is 2. The zero-order chi connectivity index (χ0) is 34.3. The summed E-state index contributed by atoms with van der Waals surface area (Å²) in [5.41, 5.74) is 1.54. The third-order valence-electron chi connectivity index (χ3n) is 7.63. The van der Waals surface area contributed by atoms with Gasteiger partial charge in [-0.3, -0.25) is 14.4 Å². The molecule has 1 unspecified atom stereocenters. The Bertz CT molecular complexity index is 1650. The van der Waals surface area contributed by atoms with Crippen molar-refractivity contribution in [2.24, 2.45) is 5.92 Å². The Hall–Kier alpha value is -4.50. The zero-order valence-electron chi connectivity index (χ0n) is 27.2. The van der Waals surface area contributed by atoms with Crippen LogP contribution < -0.4 is 10.9 Å². The van der Waals surface area contributed by atoms with Crippen LogP contribution >= 0.6 is 0 Å². The van der Waals surface area contributed by atoms with Gasteiger partial charge in [0.05, 0.1) is 30.8 Å². The van der Waals surface area contributed by atoms with Crippen molar-refractivity contribution < 1.29 is 27.5 Å². The van der Waals surface area contributed by atoms with Crippen molar-refractivity contribution in [3.05, 3.63) is 86.6 Å². The van der Waals surface area contributed by atoms with E-state index in [4.69, 9.17) is 4.74 Å². The number of aromatic nitrogens is 2. The molecule has 0 bridgehead atoms. The second-order valence-electron chi connectivity index (χ2n) is 12.0. The highest BCUT2D eigenvalue weighted by molar-refractivity contribution is 5.82. The van der Waals surface area contributed by atoms with Gasteiger partial charge in [0.2, 0.25) is 5.91 Å². The van der Waals surface area contributed by atoms with E-state index in [1.807, 2.05) is 52.0 Å². The highest BCUT2D eigenvalue weighted by Gasteiger charge is 2.36. The standard InChI is InChI=1S/C34H40F3N5O4/c1-20(2)13-29(42-19-23(11-12-41(5)6)26(16-30(42)43)34(35,36)37)33(45)40-28(17-31(44)46-7)27-15-24(14-25(18-38)39-27)32-21(3)9-8-10-22(32)4/h8-10,14-16,19-20,28-29H,11-13,17H2,1-7H3,(H,40,45)/t28-,29?/m0/s1. The average molecular weight is 640 g/mol. The van der Waals surface area contributed by atoms with E-state index in [0.717, 1.165) is 27.5 Å². The van der Waals surface area contributed by atoms with Crippen LogP contribution in [0.4, 0.5) is 13.2 Å². The molecule has 2 atom stereocenters. The van der Waals surface area contributed by atoms with Gasteiger partial charge in [-0.1, -0.05) is 32.0 Å². The molecule has 46 heavy (non-hydrogen) atoms. The fourth-order valence-electron chi connectivity index (χ4n) is 5.39. The molecule has 0 saturated carbocycles. The number of hydrogen-bond acceptors (Lipinski definition) is 7. The number of methoxy groups -OCH3 is 1. The molecular weight excluding hydrogens is 599 g/mol. The summed E-state index contributed by atoms with van der Waals surface area (Å²) >= 11 is 0. The number of ether oxygens (including phenoxy) is 1. The Morgan fingerprint density at radius 1 is 1.13 bits per heavy atom. The van der Waals surface area contributed by atoms with Crippen molar-refractivity contribution in [2.45, 2.75) is 65.2 Å². The smallest absolute Gasteiger partial charge is 0.416 e. The number of likely N-dealkylation sites (N-methyl/N-ethyl adjacent to an activating group) is 1. The lowest BCUT2D eigenvalue weighted by Crippen LogP contribution is -2.41. The lowest BCUT2D eigenvalue weighted by molar-refractivity contribution is -0.141. The highest BCUT2D eigenvalue weighted by atomic mass is 19.4. The largest absolute Gasteiger partial charge is 0.469 e. The minimum atomic E-state index is -4.76. The second-order valence-corrected chi connectivity index (χ2v) is 12.0. The summed E-state index contributed by atoms with van der Waals surface area (Å²) in [4.78, 5) is 45.9. The number of esters is 1. The molecule has 246 valence electrons. The lowest BCUT2D eigenvalue weighted by atomic mass is 9.94. The molecule has 9 nitrogen and oxygen atoms in total. The number of halogens is 3. The van der Waals surface area contributed by atoms with Gasteiger partial charge in [-0.25, -0.2) is 4.98 Å². The van der Waals surface area contributed by atoms with E-state index >= 15 is 0 Å². The average Bonchev–Trinajstić information content (AvgIpc) is 2.97. The predicted molar refractivity (Wildman–Crippen MR) is 168 cm³/mol. The van der Waals surface area contributed by atoms with Gasteiger partial charge in [-0.05, 0) is 86.7 Å². The number of nitrogens with one attached hydrogen (secondary N) is 1. The monoisotopic (exact) mass is 639 g/mol. The van der Waals surface area contributed by atoms with E-state index in [-0.39, 0.29) is 48.7 Å². The summed E-state index contributed by atoms with van der Waals surface area (Å²) in [6.07, 6.45) is -3.87. The number of carbonyl (C=O) groups excluding carboxylic acids is 2. The van der Waals surface area contributed by atoms with Crippen LogP contribution in [-0.4, -0.2) is 54.1 Å². The van der Waals surface area contributed by atoms with Crippen molar-refractivity contribution in [1.29, 1.82) is 5.26 Å². The van der Waals surface area contributed by atoms with Gasteiger partial charge in [-0.15, -0.1) is 0 Å². The van der Waals surface area contributed by atoms with Crippen molar-refractivity contribution in [2.75, 3.05) is 27.7 Å². The molecule has 0 aliphatic carbocycles. The van der Waals surface area contributed by atoms with Gasteiger partial charge < -0.3 is 19.5 Å². The lowest BCUT2D eigenvalue weighted by Gasteiger charge is -2.26. The van der Waals surface area contributed by atoms with E-state index < -0.39 is 41.3 Å². The molecule has 0 saturated heterocycles. The minimum absolute atomic E-state index is 0.00489. The van der Waals surface area contributed by atoms with E-state index in [0.29, 0.717) is 11.6 Å². The minimum Gasteiger partial charge on any atom is -0.469 e. The van der Waals surface area contributed by atoms with Crippen molar-refractivity contribution >= 4 is 11.9 Å². The molecule has 12 heteroatoms. The first-order valence-electron chi connectivity index (χ1n) is 14.9. The summed E-state index contributed by atoms with van der Waals surface area (Å²) in [7, 11) is 4.64. The molecule has 0 aliphatic heterocycles. The Balaban J connectivity index is 2.15. The molecule has 3 aromatic rings. The van der Waals surface area contributed by atoms with Crippen LogP contribution in [0.15, 0.2) is 47.4 Å². The van der Waals surface area contributed by atoms with Crippen LogP contribution in [0.3, 0.4) is 0 Å². The van der Waals surface area contributed by atoms with Crippen LogP contribution in [0.1, 0.15) is 72.4 Å². The number of rotatable bonds is 12. The topological polar surface area (TPSA) is 117 Å². The molecule has 0 fully saturated rings. The Labute approximate surface area is 267 Å². The number of carbonyl (C=O) groups is 2. The first-order chi connectivity index (χ1) is 21.5. The number of nitrogens with zero attached hydrogens (tertiary/aromatic N) is 4. The van der Waals surface area contributed by atoms with Crippen LogP contribution in [0.2, 0.25) is 0 Å². The van der Waals surface area contributed by atoms with E-state index in [2.05, 4.69) is 10.3 Å². The molecule has 3 rings (SSSR count). The summed E-state index contributed by atoms with van der Waals surface area (Å²) in [6.45, 7) is 7.78. The molecule has 0 aliphatic rings. The molecule has 2 heterocycles. The number of hydrogen-bond donors (Lipinski definition) is 1. The summed E-state index contributed by atoms with van der Waals surface area (Å²) < 4.78 is 47.7. The Kier molecular flexibility index (Phi) is 11.9. The normalized spacial score (nSPS) is 12.9. The third kappa shape index (κ3) is 9.03. The SMILES string of the molecule is COC(=O)C[C@H](NC(=O)C(CC(C)C)n1cc(CCN(C)C)c(C(F)(F)F)cc1=O)c1cc(-c2c(C)cccc2C)cc(C#N)n1. The number of nitriles is 1. The maximum absolute atomic E-state index is 14.0. The van der Waals surface area contributed by atoms with E-state index in [9.17, 15) is 32.8 Å². The Morgan fingerprint density at radius 2 is 1.78 bits per heavy atom. The molecular formula is C34H40F3N5O4. The van der Waals surface area contributed by atoms with Gasteiger partial charge in [-0.2, -0.15) is 18.4 Å². The summed E-state index contributed by atoms with van der Waals surface area (Å²) in [6, 6.07) is 9.35. The Morgan fingerprint density at radius 3 is 2.33 bits per heavy atom. The maximum atomic E-state index is 14.0. The summed E-state index contributed by atoms with van der Waals surface area (Å²) in [5.74, 6) is -1.49. The molecule has 0 spiro atoms. The highest BCUT2D eigenvalue weighted by Crippen LogP contribution is 2.33. The van der Waals surface area contributed by atoms with Crippen molar-refractivity contribution in [1.82, 2.24) is 19.8 Å². The second kappa shape index (κ2) is 15.2. The van der Waals surface area contributed by atoms with Gasteiger partial charge >= 0.3 is 12.1 Å². The van der Waals surface area contributed by atoms with Gasteiger partial charge in [0.15, 0.2) is 0 Å². The van der Waals surface area contributed by atoms with Crippen molar-refractivity contribution in [3.8, 4) is 17.2 Å². The van der Waals surface area contributed by atoms with Crippen LogP contribution in [0, 0.1) is 31.1 Å². The third-order valence-corrected chi connectivity index (χ3v) is 7.63. The number of benzene rings is 1. The molecule has 1 N–H and O–H groups in total.